The quantitative estimate of drug-likeness (QED) is 0.847. The summed E-state index contributed by atoms with van der Waals surface area (Å²) in [6.07, 6.45) is 1.45. The second kappa shape index (κ2) is 6.22. The van der Waals surface area contributed by atoms with Gasteiger partial charge in [0.1, 0.15) is 0 Å². The van der Waals surface area contributed by atoms with Crippen LogP contribution in [0.5, 0.6) is 0 Å². The molecule has 0 aromatic heterocycles. The third-order valence-corrected chi connectivity index (χ3v) is 4.36. The van der Waals surface area contributed by atoms with Crippen molar-refractivity contribution in [1.29, 1.82) is 0 Å². The Bertz CT molecular complexity index is 681. The zero-order valence-corrected chi connectivity index (χ0v) is 13.2. The zero-order valence-electron chi connectivity index (χ0n) is 13.2. The fourth-order valence-corrected chi connectivity index (χ4v) is 3.05. The lowest BCUT2D eigenvalue weighted by Crippen LogP contribution is -2.33. The molecule has 114 valence electrons. The van der Waals surface area contributed by atoms with Gasteiger partial charge >= 0.3 is 0 Å². The second-order valence-corrected chi connectivity index (χ2v) is 5.91. The van der Waals surface area contributed by atoms with Crippen molar-refractivity contribution in [1.82, 2.24) is 0 Å². The van der Waals surface area contributed by atoms with Crippen molar-refractivity contribution in [2.45, 2.75) is 19.8 Å². The molecular formula is C19H22N2O. The predicted octanol–water partition coefficient (Wildman–Crippen LogP) is 3.41. The van der Waals surface area contributed by atoms with Crippen LogP contribution in [-0.4, -0.2) is 26.0 Å². The average Bonchev–Trinajstić information content (AvgIpc) is 2.69. The van der Waals surface area contributed by atoms with Gasteiger partial charge in [-0.05, 0) is 36.6 Å². The van der Waals surface area contributed by atoms with Gasteiger partial charge < -0.3 is 9.80 Å². The Labute approximate surface area is 132 Å². The van der Waals surface area contributed by atoms with Crippen LogP contribution in [0.3, 0.4) is 0 Å². The van der Waals surface area contributed by atoms with E-state index in [4.69, 9.17) is 0 Å². The molecule has 2 aromatic rings. The average molecular weight is 294 g/mol. The van der Waals surface area contributed by atoms with Gasteiger partial charge in [-0.1, -0.05) is 36.4 Å². The van der Waals surface area contributed by atoms with Gasteiger partial charge in [0.2, 0.25) is 5.91 Å². The number of hydrogen-bond acceptors (Lipinski definition) is 2. The molecule has 0 aliphatic carbocycles. The molecular weight excluding hydrogens is 272 g/mol. The Morgan fingerprint density at radius 1 is 1.00 bits per heavy atom. The monoisotopic (exact) mass is 294 g/mol. The molecule has 0 spiro atoms. The normalized spacial score (nSPS) is 14.5. The first-order valence-corrected chi connectivity index (χ1v) is 7.82. The Balaban J connectivity index is 1.89. The van der Waals surface area contributed by atoms with Crippen LogP contribution in [-0.2, 0) is 11.2 Å². The molecule has 0 saturated carbocycles. The van der Waals surface area contributed by atoms with Gasteiger partial charge in [0.25, 0.3) is 0 Å². The predicted molar refractivity (Wildman–Crippen MR) is 91.6 cm³/mol. The topological polar surface area (TPSA) is 23.6 Å². The summed E-state index contributed by atoms with van der Waals surface area (Å²) in [4.78, 5) is 17.0. The molecule has 0 fully saturated rings. The number of carbonyl (C=O) groups is 1. The highest BCUT2D eigenvalue weighted by Gasteiger charge is 2.23. The number of anilines is 2. The minimum atomic E-state index is 0.178. The number of hydrogen-bond donors (Lipinski definition) is 0. The van der Waals surface area contributed by atoms with Crippen LogP contribution in [0.25, 0.3) is 0 Å². The van der Waals surface area contributed by atoms with E-state index in [1.165, 1.54) is 5.56 Å². The van der Waals surface area contributed by atoms with Gasteiger partial charge in [-0.25, -0.2) is 0 Å². The molecule has 3 heteroatoms. The molecule has 0 bridgehead atoms. The van der Waals surface area contributed by atoms with E-state index in [0.717, 1.165) is 36.4 Å². The smallest absolute Gasteiger partial charge is 0.231 e. The van der Waals surface area contributed by atoms with Crippen LogP contribution in [0.1, 0.15) is 17.5 Å². The first-order chi connectivity index (χ1) is 10.7. The molecule has 3 nitrogen and oxygen atoms in total. The number of amides is 1. The van der Waals surface area contributed by atoms with E-state index in [0.29, 0.717) is 6.42 Å². The maximum absolute atomic E-state index is 12.8. The van der Waals surface area contributed by atoms with Crippen LogP contribution in [0, 0.1) is 6.92 Å². The van der Waals surface area contributed by atoms with Crippen LogP contribution >= 0.6 is 0 Å². The Morgan fingerprint density at radius 3 is 2.45 bits per heavy atom. The molecule has 0 unspecified atom stereocenters. The highest BCUT2D eigenvalue weighted by molar-refractivity contribution is 5.98. The van der Waals surface area contributed by atoms with Crippen molar-refractivity contribution in [3.8, 4) is 0 Å². The molecule has 0 saturated heterocycles. The van der Waals surface area contributed by atoms with Gasteiger partial charge in [-0.2, -0.15) is 0 Å². The number of nitrogens with zero attached hydrogens (tertiary/aromatic N) is 2. The second-order valence-electron chi connectivity index (χ2n) is 5.91. The number of para-hydroxylation sites is 2. The van der Waals surface area contributed by atoms with Gasteiger partial charge in [0.05, 0.1) is 17.8 Å². The third-order valence-electron chi connectivity index (χ3n) is 4.36. The molecule has 3 rings (SSSR count). The van der Waals surface area contributed by atoms with Crippen molar-refractivity contribution in [2.24, 2.45) is 0 Å². The molecule has 1 amide bonds. The summed E-state index contributed by atoms with van der Waals surface area (Å²) >= 11 is 0. The summed E-state index contributed by atoms with van der Waals surface area (Å²) in [6.45, 7) is 3.82. The van der Waals surface area contributed by atoms with Crippen LogP contribution in [0.15, 0.2) is 48.5 Å². The van der Waals surface area contributed by atoms with E-state index in [1.54, 1.807) is 0 Å². The summed E-state index contributed by atoms with van der Waals surface area (Å²) < 4.78 is 0. The van der Waals surface area contributed by atoms with Crippen molar-refractivity contribution in [3.05, 3.63) is 59.7 Å². The number of benzene rings is 2. The molecule has 0 atom stereocenters. The van der Waals surface area contributed by atoms with E-state index in [1.807, 2.05) is 41.3 Å². The number of fused-ring (bicyclic) bond motifs is 1. The van der Waals surface area contributed by atoms with Crippen molar-refractivity contribution in [2.75, 3.05) is 29.9 Å². The van der Waals surface area contributed by atoms with E-state index in [9.17, 15) is 4.79 Å². The van der Waals surface area contributed by atoms with Crippen molar-refractivity contribution < 1.29 is 4.79 Å². The van der Waals surface area contributed by atoms with Crippen molar-refractivity contribution in [3.63, 3.8) is 0 Å². The lowest BCUT2D eigenvalue weighted by Gasteiger charge is -2.24. The molecule has 1 aliphatic heterocycles. The van der Waals surface area contributed by atoms with Gasteiger partial charge in [0, 0.05) is 20.1 Å². The number of carbonyl (C=O) groups excluding carboxylic acids is 1. The number of rotatable bonds is 2. The van der Waals surface area contributed by atoms with Crippen molar-refractivity contribution >= 4 is 17.3 Å². The Kier molecular flexibility index (Phi) is 4.14. The molecule has 0 radical (unpaired) electrons. The lowest BCUT2D eigenvalue weighted by molar-refractivity contribution is -0.118. The highest BCUT2D eigenvalue weighted by Crippen LogP contribution is 2.31. The summed E-state index contributed by atoms with van der Waals surface area (Å²) in [5.74, 6) is 0.178. The summed E-state index contributed by atoms with van der Waals surface area (Å²) in [5, 5.41) is 0. The van der Waals surface area contributed by atoms with E-state index >= 15 is 0 Å². The van der Waals surface area contributed by atoms with Gasteiger partial charge in [0.15, 0.2) is 0 Å². The molecule has 1 heterocycles. The molecule has 1 aliphatic rings. The summed E-state index contributed by atoms with van der Waals surface area (Å²) in [5.41, 5.74) is 4.46. The van der Waals surface area contributed by atoms with Gasteiger partial charge in [-0.3, -0.25) is 4.79 Å². The first-order valence-electron chi connectivity index (χ1n) is 7.82. The SMILES string of the molecule is Cc1ccccc1CC(=O)N1CCCN(C)c2ccccc21. The zero-order chi connectivity index (χ0) is 15.5. The lowest BCUT2D eigenvalue weighted by atomic mass is 10.0. The van der Waals surface area contributed by atoms with E-state index in [-0.39, 0.29) is 5.91 Å². The van der Waals surface area contributed by atoms with E-state index < -0.39 is 0 Å². The number of aryl methyl sites for hydroxylation is 1. The van der Waals surface area contributed by atoms with Crippen LogP contribution in [0.4, 0.5) is 11.4 Å². The first kappa shape index (κ1) is 14.6. The standard InChI is InChI=1S/C19H22N2O/c1-15-8-3-4-9-16(15)14-19(22)21-13-7-12-20(2)17-10-5-6-11-18(17)21/h3-6,8-11H,7,12-14H2,1-2H3. The highest BCUT2D eigenvalue weighted by atomic mass is 16.2. The van der Waals surface area contributed by atoms with Crippen LogP contribution < -0.4 is 9.80 Å². The molecule has 2 aromatic carbocycles. The van der Waals surface area contributed by atoms with Crippen LogP contribution in [0.2, 0.25) is 0 Å². The minimum Gasteiger partial charge on any atom is -0.373 e. The largest absolute Gasteiger partial charge is 0.373 e. The van der Waals surface area contributed by atoms with E-state index in [2.05, 4.69) is 31.0 Å². The fraction of sp³-hybridized carbons (Fsp3) is 0.316. The minimum absolute atomic E-state index is 0.178. The molecule has 0 N–H and O–H groups in total. The fourth-order valence-electron chi connectivity index (χ4n) is 3.05. The summed E-state index contributed by atoms with van der Waals surface area (Å²) in [7, 11) is 2.09. The summed E-state index contributed by atoms with van der Waals surface area (Å²) in [6, 6.07) is 16.3. The maximum atomic E-state index is 12.8. The maximum Gasteiger partial charge on any atom is 0.231 e. The molecule has 22 heavy (non-hydrogen) atoms. The Hall–Kier alpha value is -2.29. The Morgan fingerprint density at radius 2 is 1.68 bits per heavy atom. The van der Waals surface area contributed by atoms with Gasteiger partial charge in [-0.15, -0.1) is 0 Å². The third kappa shape index (κ3) is 2.84.